The van der Waals surface area contributed by atoms with E-state index in [-0.39, 0.29) is 47.7 Å². The first kappa shape index (κ1) is 42.2. The fraction of sp³-hybridized carbons (Fsp3) is 0.400. The SMILES string of the molecule is CC1=C(CCC(=O)O)c2cc3[nH]c(cc4[nH]c(cc5nc(cc1n2)C(C)=C5C(C)SCC(N)C(=O)O)c(C)c4C(C)SCC(N)C(=O)O)c(C)c3CCC(=O)O. The van der Waals surface area contributed by atoms with E-state index in [0.29, 0.717) is 28.3 Å². The van der Waals surface area contributed by atoms with E-state index in [1.54, 1.807) is 0 Å². The number of rotatable bonds is 16. The minimum absolute atomic E-state index is 0.105. The first-order valence-electron chi connectivity index (χ1n) is 18.2. The lowest BCUT2D eigenvalue weighted by molar-refractivity contribution is -0.138. The van der Waals surface area contributed by atoms with Gasteiger partial charge in [-0.25, -0.2) is 9.97 Å². The molecular weight excluding hydrogens is 757 g/mol. The van der Waals surface area contributed by atoms with Crippen LogP contribution in [-0.2, 0) is 25.6 Å². The molecule has 4 unspecified atom stereocenters. The molecule has 0 saturated heterocycles. The monoisotopic (exact) mass is 804 g/mol. The molecule has 0 saturated carbocycles. The van der Waals surface area contributed by atoms with Gasteiger partial charge in [-0.1, -0.05) is 0 Å². The van der Waals surface area contributed by atoms with Crippen LogP contribution in [0.25, 0.3) is 44.4 Å². The van der Waals surface area contributed by atoms with E-state index in [0.717, 1.165) is 61.1 Å². The highest BCUT2D eigenvalue weighted by Crippen LogP contribution is 2.41. The van der Waals surface area contributed by atoms with Crippen LogP contribution in [0.5, 0.6) is 0 Å². The van der Waals surface area contributed by atoms with Gasteiger partial charge >= 0.3 is 23.9 Å². The number of aryl methyl sites for hydroxylation is 3. The van der Waals surface area contributed by atoms with Gasteiger partial charge in [0.2, 0.25) is 0 Å². The maximum atomic E-state index is 11.8. The highest BCUT2D eigenvalue weighted by Gasteiger charge is 2.27. The normalized spacial score (nSPS) is 15.1. The molecule has 4 atom stereocenters. The predicted molar refractivity (Wildman–Crippen MR) is 222 cm³/mol. The molecule has 5 rings (SSSR count). The molecule has 0 aliphatic carbocycles. The molecule has 56 heavy (non-hydrogen) atoms. The molecule has 2 aliphatic heterocycles. The molecule has 14 nitrogen and oxygen atoms in total. The van der Waals surface area contributed by atoms with Gasteiger partial charge in [0.1, 0.15) is 12.1 Å². The smallest absolute Gasteiger partial charge is 0.321 e. The second kappa shape index (κ2) is 17.5. The fourth-order valence-electron chi connectivity index (χ4n) is 7.09. The number of nitrogens with one attached hydrogen (secondary N) is 2. The van der Waals surface area contributed by atoms with Crippen LogP contribution in [0.15, 0.2) is 24.3 Å². The Balaban J connectivity index is 1.87. The van der Waals surface area contributed by atoms with Gasteiger partial charge < -0.3 is 41.9 Å². The van der Waals surface area contributed by atoms with Gasteiger partial charge in [0.15, 0.2) is 0 Å². The van der Waals surface area contributed by atoms with Crippen LogP contribution in [0.4, 0.5) is 0 Å². The van der Waals surface area contributed by atoms with Crippen molar-refractivity contribution in [3.63, 3.8) is 0 Å². The molecule has 10 N–H and O–H groups in total. The number of carboxylic acid groups (broad SMARTS) is 4. The zero-order valence-electron chi connectivity index (χ0n) is 32.1. The Morgan fingerprint density at radius 1 is 0.643 bits per heavy atom. The Hall–Kier alpha value is -4.90. The van der Waals surface area contributed by atoms with Crippen LogP contribution < -0.4 is 11.5 Å². The van der Waals surface area contributed by atoms with Gasteiger partial charge in [-0.15, -0.1) is 0 Å². The first-order chi connectivity index (χ1) is 26.4. The second-order valence-corrected chi connectivity index (χ2v) is 16.9. The van der Waals surface area contributed by atoms with E-state index in [4.69, 9.17) is 21.4 Å². The van der Waals surface area contributed by atoms with Crippen molar-refractivity contribution in [1.82, 2.24) is 19.9 Å². The van der Waals surface area contributed by atoms with Gasteiger partial charge in [-0.05, 0) is 123 Å². The third-order valence-electron chi connectivity index (χ3n) is 10.3. The van der Waals surface area contributed by atoms with Crippen molar-refractivity contribution in [2.45, 2.75) is 89.8 Å². The number of hydrogen-bond acceptors (Lipinski definition) is 10. The summed E-state index contributed by atoms with van der Waals surface area (Å²) in [7, 11) is 0. The Morgan fingerprint density at radius 2 is 1.16 bits per heavy atom. The number of carboxylic acids is 4. The average Bonchev–Trinajstić information content (AvgIpc) is 3.80. The van der Waals surface area contributed by atoms with Crippen molar-refractivity contribution in [2.24, 2.45) is 11.5 Å². The number of nitrogens with two attached hydrogens (primary N) is 2. The summed E-state index contributed by atoms with van der Waals surface area (Å²) in [5.74, 6) is -3.71. The van der Waals surface area contributed by atoms with Crippen molar-refractivity contribution in [1.29, 1.82) is 0 Å². The predicted octanol–water partition coefficient (Wildman–Crippen LogP) is 6.41. The number of H-pyrrole nitrogens is 2. The van der Waals surface area contributed by atoms with Crippen LogP contribution in [-0.4, -0.2) is 93.1 Å². The molecule has 298 valence electrons. The lowest BCUT2D eigenvalue weighted by Gasteiger charge is -2.16. The fourth-order valence-corrected chi connectivity index (χ4v) is 9.30. The van der Waals surface area contributed by atoms with Gasteiger partial charge in [0.05, 0.1) is 22.8 Å². The van der Waals surface area contributed by atoms with Crippen LogP contribution >= 0.6 is 23.5 Å². The van der Waals surface area contributed by atoms with Gasteiger partial charge in [-0.2, -0.15) is 23.5 Å². The number of aromatic nitrogens is 4. The van der Waals surface area contributed by atoms with E-state index in [9.17, 15) is 39.6 Å². The molecule has 0 spiro atoms. The number of carbonyl (C=O) groups is 4. The number of thioether (sulfide) groups is 2. The molecular formula is C40H48N6O8S2. The Bertz CT molecular complexity index is 2330. The summed E-state index contributed by atoms with van der Waals surface area (Å²) >= 11 is 2.83. The third-order valence-corrected chi connectivity index (χ3v) is 12.9. The molecule has 2 aliphatic rings. The summed E-state index contributed by atoms with van der Waals surface area (Å²) < 4.78 is 0. The highest BCUT2D eigenvalue weighted by atomic mass is 32.2. The highest BCUT2D eigenvalue weighted by molar-refractivity contribution is 8.00. The lowest BCUT2D eigenvalue weighted by atomic mass is 9.99. The molecule has 8 bridgehead atoms. The van der Waals surface area contributed by atoms with Crippen molar-refractivity contribution in [3.05, 3.63) is 69.3 Å². The Kier molecular flexibility index (Phi) is 13.2. The summed E-state index contributed by atoms with van der Waals surface area (Å²) in [6, 6.07) is 5.57. The summed E-state index contributed by atoms with van der Waals surface area (Å²) in [4.78, 5) is 63.9. The Labute approximate surface area is 332 Å². The van der Waals surface area contributed by atoms with E-state index in [2.05, 4.69) is 9.97 Å². The number of hydrogen-bond donors (Lipinski definition) is 8. The van der Waals surface area contributed by atoms with Crippen molar-refractivity contribution < 1.29 is 39.6 Å². The van der Waals surface area contributed by atoms with E-state index in [1.165, 1.54) is 23.5 Å². The number of allylic oxidation sites excluding steroid dienone is 3. The van der Waals surface area contributed by atoms with E-state index < -0.39 is 36.0 Å². The van der Waals surface area contributed by atoms with Gasteiger partial charge in [-0.3, -0.25) is 19.2 Å². The molecule has 0 amide bonds. The maximum Gasteiger partial charge on any atom is 0.321 e. The topological polar surface area (TPSA) is 259 Å². The minimum Gasteiger partial charge on any atom is -0.481 e. The van der Waals surface area contributed by atoms with Crippen LogP contribution in [0, 0.1) is 13.8 Å². The molecule has 0 aromatic carbocycles. The third kappa shape index (κ3) is 9.20. The van der Waals surface area contributed by atoms with Gasteiger partial charge in [0.25, 0.3) is 0 Å². The molecule has 16 heteroatoms. The number of nitrogens with zero attached hydrogens (tertiary/aromatic N) is 2. The van der Waals surface area contributed by atoms with Crippen LogP contribution in [0.2, 0.25) is 0 Å². The molecule has 5 heterocycles. The van der Waals surface area contributed by atoms with Crippen molar-refractivity contribution in [3.8, 4) is 0 Å². The van der Waals surface area contributed by atoms with Gasteiger partial charge in [0, 0.05) is 56.9 Å². The molecule has 0 radical (unpaired) electrons. The quantitative estimate of drug-likeness (QED) is 0.0778. The molecule has 3 aromatic rings. The zero-order valence-corrected chi connectivity index (χ0v) is 33.8. The number of aliphatic carboxylic acids is 4. The Morgan fingerprint density at radius 3 is 1.77 bits per heavy atom. The average molecular weight is 805 g/mol. The summed E-state index contributed by atoms with van der Waals surface area (Å²) in [6.45, 7) is 11.7. The van der Waals surface area contributed by atoms with Crippen molar-refractivity contribution >= 4 is 91.8 Å². The van der Waals surface area contributed by atoms with Crippen molar-refractivity contribution in [2.75, 3.05) is 11.5 Å². The second-order valence-electron chi connectivity index (χ2n) is 14.2. The zero-order chi connectivity index (χ0) is 41.2. The van der Waals surface area contributed by atoms with E-state index in [1.807, 2.05) is 65.8 Å². The summed E-state index contributed by atoms with van der Waals surface area (Å²) in [5.41, 5.74) is 24.0. The summed E-state index contributed by atoms with van der Waals surface area (Å²) in [5, 5.41) is 37.8. The largest absolute Gasteiger partial charge is 0.481 e. The number of fused-ring (bicyclic) bond motifs is 8. The standard InChI is InChI=1S/C40H48N6O8S2/c1-17-23(7-9-35(47)48)31-14-32-24(8-10-36(49)50)18(2)28(44-32)12-33-38(22(6)56-16-26(42)40(53)54)20(4)30(46-33)13-34-37(21(5)55-15-25(41)39(51)52)19(3)29(45-34)11-27(17)43-31/h11-14,21-22,25-26,44,46H,7-10,15-16,41-42H2,1-6H3,(H,47,48)(H,49,50)(H,51,52)(H,53,54). The lowest BCUT2D eigenvalue weighted by Crippen LogP contribution is -2.33. The first-order valence-corrected chi connectivity index (χ1v) is 20.3. The maximum absolute atomic E-state index is 11.8. The summed E-state index contributed by atoms with van der Waals surface area (Å²) in [6.07, 6.45) is 0.244. The minimum atomic E-state index is -1.09. The number of aromatic amines is 2. The molecule has 3 aromatic heterocycles. The van der Waals surface area contributed by atoms with E-state index >= 15 is 0 Å². The van der Waals surface area contributed by atoms with Crippen LogP contribution in [0.3, 0.4) is 0 Å². The molecule has 0 fully saturated rings. The van der Waals surface area contributed by atoms with Crippen LogP contribution in [0.1, 0.15) is 97.2 Å².